The predicted molar refractivity (Wildman–Crippen MR) is 74.4 cm³/mol. The van der Waals surface area contributed by atoms with Crippen molar-refractivity contribution in [3.05, 3.63) is 0 Å². The maximum Gasteiger partial charge on any atom is 0.212 e. The Labute approximate surface area is 109 Å². The number of nitrogens with one attached hydrogen (secondary N) is 1. The van der Waals surface area contributed by atoms with E-state index >= 15 is 0 Å². The maximum absolute atomic E-state index is 11.9. The third-order valence-electron chi connectivity index (χ3n) is 3.07. The molecule has 1 saturated carbocycles. The monoisotopic (exact) mass is 278 g/mol. The molecule has 0 spiro atoms. The van der Waals surface area contributed by atoms with Crippen LogP contribution in [0.25, 0.3) is 0 Å². The van der Waals surface area contributed by atoms with Crippen molar-refractivity contribution in [1.82, 2.24) is 4.72 Å². The van der Waals surface area contributed by atoms with E-state index < -0.39 is 10.0 Å². The van der Waals surface area contributed by atoms with Gasteiger partial charge >= 0.3 is 0 Å². The van der Waals surface area contributed by atoms with Crippen molar-refractivity contribution in [2.24, 2.45) is 11.7 Å². The first-order valence-corrected chi connectivity index (χ1v) is 8.23. The van der Waals surface area contributed by atoms with E-state index in [-0.39, 0.29) is 11.8 Å². The number of hydrogen-bond acceptors (Lipinski definition) is 3. The molecule has 1 atom stereocenters. The van der Waals surface area contributed by atoms with Crippen molar-refractivity contribution in [2.45, 2.75) is 51.5 Å². The molecule has 100 valence electrons. The first-order chi connectivity index (χ1) is 7.89. The Morgan fingerprint density at radius 3 is 2.53 bits per heavy atom. The fourth-order valence-electron chi connectivity index (χ4n) is 2.36. The van der Waals surface area contributed by atoms with Gasteiger partial charge in [0.2, 0.25) is 10.0 Å². The molecular formula is C11H22N2O2S2. The Kier molecular flexibility index (Phi) is 5.82. The van der Waals surface area contributed by atoms with Crippen LogP contribution in [-0.2, 0) is 10.0 Å². The van der Waals surface area contributed by atoms with Crippen LogP contribution >= 0.6 is 12.2 Å². The predicted octanol–water partition coefficient (Wildman–Crippen LogP) is 1.55. The molecule has 0 saturated heterocycles. The average molecular weight is 278 g/mol. The third kappa shape index (κ3) is 6.33. The Balaban J connectivity index is 2.41. The van der Waals surface area contributed by atoms with Gasteiger partial charge in [0.25, 0.3) is 0 Å². The lowest BCUT2D eigenvalue weighted by Crippen LogP contribution is -2.38. The zero-order valence-electron chi connectivity index (χ0n) is 10.3. The highest BCUT2D eigenvalue weighted by Crippen LogP contribution is 2.24. The van der Waals surface area contributed by atoms with Crippen LogP contribution in [0, 0.1) is 5.92 Å². The van der Waals surface area contributed by atoms with E-state index in [2.05, 4.69) is 4.72 Å². The molecule has 4 nitrogen and oxygen atoms in total. The molecule has 6 heteroatoms. The van der Waals surface area contributed by atoms with Crippen molar-refractivity contribution in [3.63, 3.8) is 0 Å². The van der Waals surface area contributed by atoms with Crippen LogP contribution in [0.15, 0.2) is 0 Å². The highest BCUT2D eigenvalue weighted by atomic mass is 32.2. The molecule has 0 bridgehead atoms. The second-order valence-electron chi connectivity index (χ2n) is 4.97. The van der Waals surface area contributed by atoms with Gasteiger partial charge in [-0.05, 0) is 25.7 Å². The first kappa shape index (κ1) is 14.9. The minimum absolute atomic E-state index is 0.207. The van der Waals surface area contributed by atoms with Crippen molar-refractivity contribution in [2.75, 3.05) is 5.75 Å². The van der Waals surface area contributed by atoms with Crippen LogP contribution in [0.4, 0.5) is 0 Å². The van der Waals surface area contributed by atoms with Gasteiger partial charge in [-0.2, -0.15) is 0 Å². The molecule has 0 aromatic carbocycles. The van der Waals surface area contributed by atoms with E-state index in [9.17, 15) is 8.42 Å². The second kappa shape index (κ2) is 6.66. The maximum atomic E-state index is 11.9. The zero-order chi connectivity index (χ0) is 12.9. The summed E-state index contributed by atoms with van der Waals surface area (Å²) in [5, 5.41) is 0. The van der Waals surface area contributed by atoms with E-state index in [4.69, 9.17) is 18.0 Å². The van der Waals surface area contributed by atoms with E-state index in [1.807, 2.05) is 0 Å². The van der Waals surface area contributed by atoms with E-state index in [0.717, 1.165) is 25.7 Å². The van der Waals surface area contributed by atoms with E-state index in [1.54, 1.807) is 6.92 Å². The van der Waals surface area contributed by atoms with Gasteiger partial charge in [0.05, 0.1) is 10.7 Å². The van der Waals surface area contributed by atoms with Crippen molar-refractivity contribution >= 4 is 27.2 Å². The Bertz CT molecular complexity index is 348. The quantitative estimate of drug-likeness (QED) is 0.723. The summed E-state index contributed by atoms with van der Waals surface area (Å²) < 4.78 is 26.4. The van der Waals surface area contributed by atoms with E-state index in [0.29, 0.717) is 17.3 Å². The van der Waals surface area contributed by atoms with Crippen LogP contribution in [0.3, 0.4) is 0 Å². The van der Waals surface area contributed by atoms with Gasteiger partial charge in [-0.1, -0.05) is 31.5 Å². The molecule has 1 fully saturated rings. The number of hydrogen-bond donors (Lipinski definition) is 2. The van der Waals surface area contributed by atoms with Crippen LogP contribution in [0.2, 0.25) is 0 Å². The lowest BCUT2D eigenvalue weighted by atomic mass is 9.91. The summed E-state index contributed by atoms with van der Waals surface area (Å²) in [7, 11) is -3.19. The minimum Gasteiger partial charge on any atom is -0.393 e. The lowest BCUT2D eigenvalue weighted by molar-refractivity contribution is 0.383. The zero-order valence-corrected chi connectivity index (χ0v) is 11.9. The van der Waals surface area contributed by atoms with Crippen molar-refractivity contribution in [3.8, 4) is 0 Å². The molecule has 1 aliphatic carbocycles. The summed E-state index contributed by atoms with van der Waals surface area (Å²) in [6, 6.07) is -0.207. The molecule has 1 unspecified atom stereocenters. The normalized spacial score (nSPS) is 20.1. The number of nitrogens with two attached hydrogens (primary N) is 1. The molecule has 1 rings (SSSR count). The lowest BCUT2D eigenvalue weighted by Gasteiger charge is -2.22. The minimum atomic E-state index is -3.19. The number of sulfonamides is 1. The van der Waals surface area contributed by atoms with Gasteiger partial charge in [0.1, 0.15) is 0 Å². The smallest absolute Gasteiger partial charge is 0.212 e. The first-order valence-electron chi connectivity index (χ1n) is 6.17. The molecule has 0 heterocycles. The molecule has 0 aromatic heterocycles. The molecule has 1 aliphatic rings. The topological polar surface area (TPSA) is 72.2 Å². The number of rotatable bonds is 6. The van der Waals surface area contributed by atoms with E-state index in [1.165, 1.54) is 6.42 Å². The van der Waals surface area contributed by atoms with Crippen LogP contribution < -0.4 is 10.5 Å². The summed E-state index contributed by atoms with van der Waals surface area (Å²) in [5.74, 6) is 0.563. The summed E-state index contributed by atoms with van der Waals surface area (Å²) in [5.41, 5.74) is 5.39. The van der Waals surface area contributed by atoms with Gasteiger partial charge in [-0.25, -0.2) is 13.1 Å². The molecule has 0 aliphatic heterocycles. The van der Waals surface area contributed by atoms with Crippen molar-refractivity contribution < 1.29 is 8.42 Å². The molecular weight excluding hydrogens is 256 g/mol. The second-order valence-corrected chi connectivity index (χ2v) is 7.30. The largest absolute Gasteiger partial charge is 0.393 e. The highest BCUT2D eigenvalue weighted by Gasteiger charge is 2.22. The standard InChI is InChI=1S/C11H22N2O2S2/c1-9(7-11(12)16)13-17(14,15)8-10-5-3-2-4-6-10/h9-10,13H,2-8H2,1H3,(H2,12,16). The Morgan fingerprint density at radius 1 is 1.41 bits per heavy atom. The van der Waals surface area contributed by atoms with Gasteiger partial charge in [0, 0.05) is 12.5 Å². The number of thiocarbonyl (C=S) groups is 1. The fraction of sp³-hybridized carbons (Fsp3) is 0.909. The average Bonchev–Trinajstić information content (AvgIpc) is 2.15. The van der Waals surface area contributed by atoms with Gasteiger partial charge in [0.15, 0.2) is 0 Å². The molecule has 3 N–H and O–H groups in total. The summed E-state index contributed by atoms with van der Waals surface area (Å²) in [4.78, 5) is 0.345. The Hall–Kier alpha value is -0.200. The van der Waals surface area contributed by atoms with Gasteiger partial charge in [-0.3, -0.25) is 0 Å². The Morgan fingerprint density at radius 2 is 2.00 bits per heavy atom. The molecule has 0 aromatic rings. The molecule has 17 heavy (non-hydrogen) atoms. The van der Waals surface area contributed by atoms with Gasteiger partial charge in [-0.15, -0.1) is 0 Å². The van der Waals surface area contributed by atoms with Gasteiger partial charge < -0.3 is 5.73 Å². The van der Waals surface area contributed by atoms with Crippen molar-refractivity contribution in [1.29, 1.82) is 0 Å². The third-order valence-corrected chi connectivity index (χ3v) is 4.91. The summed E-state index contributed by atoms with van der Waals surface area (Å²) in [6.45, 7) is 1.79. The van der Waals surface area contributed by atoms with Crippen LogP contribution in [-0.4, -0.2) is 25.2 Å². The highest BCUT2D eigenvalue weighted by molar-refractivity contribution is 7.89. The van der Waals surface area contributed by atoms with Crippen LogP contribution in [0.5, 0.6) is 0 Å². The SMILES string of the molecule is CC(CC(N)=S)NS(=O)(=O)CC1CCCCC1. The fourth-order valence-corrected chi connectivity index (χ4v) is 4.36. The molecule has 0 radical (unpaired) electrons. The summed E-state index contributed by atoms with van der Waals surface area (Å²) in [6.07, 6.45) is 6.03. The molecule has 0 amide bonds. The summed E-state index contributed by atoms with van der Waals surface area (Å²) >= 11 is 4.77. The van der Waals surface area contributed by atoms with Crippen LogP contribution in [0.1, 0.15) is 45.4 Å².